The van der Waals surface area contributed by atoms with Gasteiger partial charge in [0.05, 0.1) is 0 Å². The van der Waals surface area contributed by atoms with Gasteiger partial charge in [0.1, 0.15) is 6.54 Å². The number of aliphatic carboxylic acids is 1. The normalized spacial score (nSPS) is 12.1. The van der Waals surface area contributed by atoms with E-state index in [0.717, 1.165) is 0 Å². The van der Waals surface area contributed by atoms with Gasteiger partial charge in [-0.2, -0.15) is 5.10 Å². The molecule has 7 heteroatoms. The van der Waals surface area contributed by atoms with Gasteiger partial charge in [0.15, 0.2) is 6.10 Å². The fourth-order valence-electron chi connectivity index (χ4n) is 1.07. The number of hydrogen-bond acceptors (Lipinski definition) is 4. The lowest BCUT2D eigenvalue weighted by atomic mass is 10.2. The van der Waals surface area contributed by atoms with Crippen LogP contribution in [-0.2, 0) is 16.1 Å². The molecule has 1 rings (SSSR count). The number of carbonyl (C=O) groups is 2. The average molecular weight is 227 g/mol. The van der Waals surface area contributed by atoms with Gasteiger partial charge in [-0.1, -0.05) is 0 Å². The van der Waals surface area contributed by atoms with Crippen LogP contribution in [0.5, 0.6) is 0 Å². The van der Waals surface area contributed by atoms with Crippen molar-refractivity contribution in [1.82, 2.24) is 15.1 Å². The fourth-order valence-corrected chi connectivity index (χ4v) is 1.07. The molecule has 0 spiro atoms. The second-order valence-electron chi connectivity index (χ2n) is 3.20. The molecule has 0 aliphatic heterocycles. The zero-order valence-corrected chi connectivity index (χ0v) is 8.54. The number of aromatic nitrogens is 2. The van der Waals surface area contributed by atoms with Crippen LogP contribution >= 0.6 is 0 Å². The first-order valence-electron chi connectivity index (χ1n) is 4.74. The first-order valence-corrected chi connectivity index (χ1v) is 4.74. The predicted molar refractivity (Wildman–Crippen MR) is 53.5 cm³/mol. The number of carboxylic acids is 1. The summed E-state index contributed by atoms with van der Waals surface area (Å²) < 4.78 is 1.45. The topological polar surface area (TPSA) is 104 Å². The molecular weight excluding hydrogens is 214 g/mol. The van der Waals surface area contributed by atoms with E-state index in [1.54, 1.807) is 18.5 Å². The van der Waals surface area contributed by atoms with Crippen LogP contribution in [0.4, 0.5) is 0 Å². The Kier molecular flexibility index (Phi) is 4.46. The van der Waals surface area contributed by atoms with E-state index in [-0.39, 0.29) is 25.4 Å². The number of amides is 1. The number of carbonyl (C=O) groups excluding carboxylic acids is 1. The van der Waals surface area contributed by atoms with Crippen LogP contribution in [0, 0.1) is 0 Å². The molecule has 1 aromatic rings. The molecule has 0 saturated carbocycles. The van der Waals surface area contributed by atoms with E-state index < -0.39 is 12.1 Å². The van der Waals surface area contributed by atoms with Crippen molar-refractivity contribution in [3.8, 4) is 0 Å². The van der Waals surface area contributed by atoms with E-state index in [2.05, 4.69) is 10.4 Å². The Balaban J connectivity index is 2.18. The maximum atomic E-state index is 11.3. The Morgan fingerprint density at radius 1 is 1.50 bits per heavy atom. The number of aliphatic hydroxyl groups is 1. The van der Waals surface area contributed by atoms with Crippen LogP contribution < -0.4 is 5.32 Å². The van der Waals surface area contributed by atoms with Crippen molar-refractivity contribution in [3.63, 3.8) is 0 Å². The SMILES string of the molecule is O=C(Cn1cccn1)NCCC(O)C(=O)O. The third-order valence-electron chi connectivity index (χ3n) is 1.89. The minimum atomic E-state index is -1.44. The highest BCUT2D eigenvalue weighted by molar-refractivity contribution is 5.75. The molecule has 1 unspecified atom stereocenters. The van der Waals surface area contributed by atoms with E-state index in [4.69, 9.17) is 10.2 Å². The molecule has 1 atom stereocenters. The number of nitrogens with one attached hydrogen (secondary N) is 1. The van der Waals surface area contributed by atoms with Gasteiger partial charge in [0.2, 0.25) is 5.91 Å². The number of hydrogen-bond donors (Lipinski definition) is 3. The molecule has 1 heterocycles. The highest BCUT2D eigenvalue weighted by atomic mass is 16.4. The highest BCUT2D eigenvalue weighted by Crippen LogP contribution is 1.90. The summed E-state index contributed by atoms with van der Waals surface area (Å²) in [7, 11) is 0. The number of aliphatic hydroxyl groups excluding tert-OH is 1. The van der Waals surface area contributed by atoms with Crippen molar-refractivity contribution in [2.75, 3.05) is 6.54 Å². The van der Waals surface area contributed by atoms with Gasteiger partial charge in [0.25, 0.3) is 0 Å². The Labute approximate surface area is 91.7 Å². The minimum absolute atomic E-state index is 0.0137. The molecule has 3 N–H and O–H groups in total. The minimum Gasteiger partial charge on any atom is -0.479 e. The van der Waals surface area contributed by atoms with Crippen molar-refractivity contribution in [2.24, 2.45) is 0 Å². The summed E-state index contributed by atoms with van der Waals surface area (Å²) in [6, 6.07) is 1.70. The standard InChI is InChI=1S/C9H13N3O4/c13-7(9(15)16)2-4-10-8(14)6-12-5-1-3-11-12/h1,3,5,7,13H,2,4,6H2,(H,10,14)(H,15,16). The third kappa shape index (κ3) is 4.09. The molecule has 16 heavy (non-hydrogen) atoms. The van der Waals surface area contributed by atoms with Gasteiger partial charge >= 0.3 is 5.97 Å². The second kappa shape index (κ2) is 5.86. The van der Waals surface area contributed by atoms with E-state index in [1.165, 1.54) is 4.68 Å². The lowest BCUT2D eigenvalue weighted by Gasteiger charge is -2.07. The van der Waals surface area contributed by atoms with Gasteiger partial charge in [0, 0.05) is 25.4 Å². The number of carboxylic acid groups (broad SMARTS) is 1. The smallest absolute Gasteiger partial charge is 0.332 e. The van der Waals surface area contributed by atoms with Gasteiger partial charge in [-0.3, -0.25) is 9.48 Å². The highest BCUT2D eigenvalue weighted by Gasteiger charge is 2.12. The van der Waals surface area contributed by atoms with Crippen LogP contribution in [-0.4, -0.2) is 44.5 Å². The first kappa shape index (κ1) is 12.2. The molecule has 0 aliphatic carbocycles. The first-order chi connectivity index (χ1) is 7.59. The number of nitrogens with zero attached hydrogens (tertiary/aromatic N) is 2. The summed E-state index contributed by atoms with van der Waals surface area (Å²) >= 11 is 0. The zero-order chi connectivity index (χ0) is 12.0. The van der Waals surface area contributed by atoms with Gasteiger partial charge < -0.3 is 15.5 Å². The molecule has 0 saturated heterocycles. The van der Waals surface area contributed by atoms with Crippen LogP contribution in [0.15, 0.2) is 18.5 Å². The molecule has 1 amide bonds. The summed E-state index contributed by atoms with van der Waals surface area (Å²) in [5.41, 5.74) is 0. The number of rotatable bonds is 6. The maximum Gasteiger partial charge on any atom is 0.332 e. The maximum absolute atomic E-state index is 11.3. The molecule has 0 bridgehead atoms. The largest absolute Gasteiger partial charge is 0.479 e. The van der Waals surface area contributed by atoms with Crippen molar-refractivity contribution in [3.05, 3.63) is 18.5 Å². The quantitative estimate of drug-likeness (QED) is 0.568. The van der Waals surface area contributed by atoms with Crippen LogP contribution in [0.3, 0.4) is 0 Å². The van der Waals surface area contributed by atoms with Crippen molar-refractivity contribution >= 4 is 11.9 Å². The van der Waals surface area contributed by atoms with Crippen molar-refractivity contribution in [2.45, 2.75) is 19.1 Å². The van der Waals surface area contributed by atoms with E-state index >= 15 is 0 Å². The Bertz CT molecular complexity index is 350. The van der Waals surface area contributed by atoms with E-state index in [0.29, 0.717) is 0 Å². The second-order valence-corrected chi connectivity index (χ2v) is 3.20. The van der Waals surface area contributed by atoms with Crippen LogP contribution in [0.2, 0.25) is 0 Å². The van der Waals surface area contributed by atoms with Crippen molar-refractivity contribution < 1.29 is 19.8 Å². The summed E-state index contributed by atoms with van der Waals surface area (Å²) in [5, 5.41) is 23.6. The van der Waals surface area contributed by atoms with Crippen LogP contribution in [0.1, 0.15) is 6.42 Å². The Hall–Kier alpha value is -1.89. The fraction of sp³-hybridized carbons (Fsp3) is 0.444. The molecule has 7 nitrogen and oxygen atoms in total. The summed E-state index contributed by atoms with van der Waals surface area (Å²) in [5.74, 6) is -1.57. The predicted octanol–water partition coefficient (Wildman–Crippen LogP) is -1.17. The van der Waals surface area contributed by atoms with Crippen molar-refractivity contribution in [1.29, 1.82) is 0 Å². The molecule has 0 aromatic carbocycles. The molecule has 0 fully saturated rings. The Morgan fingerprint density at radius 2 is 2.25 bits per heavy atom. The summed E-state index contributed by atoms with van der Waals surface area (Å²) in [4.78, 5) is 21.5. The lowest BCUT2D eigenvalue weighted by Crippen LogP contribution is -2.32. The van der Waals surface area contributed by atoms with E-state index in [1.807, 2.05) is 0 Å². The molecular formula is C9H13N3O4. The zero-order valence-electron chi connectivity index (χ0n) is 8.54. The summed E-state index contributed by atoms with van der Waals surface area (Å²) in [6.45, 7) is 0.198. The van der Waals surface area contributed by atoms with E-state index in [9.17, 15) is 9.59 Å². The molecule has 88 valence electrons. The third-order valence-corrected chi connectivity index (χ3v) is 1.89. The molecule has 0 radical (unpaired) electrons. The molecule has 0 aliphatic rings. The lowest BCUT2D eigenvalue weighted by molar-refractivity contribution is -0.147. The van der Waals surface area contributed by atoms with Crippen LogP contribution in [0.25, 0.3) is 0 Å². The Morgan fingerprint density at radius 3 is 2.81 bits per heavy atom. The monoisotopic (exact) mass is 227 g/mol. The average Bonchev–Trinajstić information content (AvgIpc) is 2.70. The van der Waals surface area contributed by atoms with Gasteiger partial charge in [-0.15, -0.1) is 0 Å². The summed E-state index contributed by atoms with van der Waals surface area (Å²) in [6.07, 6.45) is 1.75. The van der Waals surface area contributed by atoms with Gasteiger partial charge in [-0.25, -0.2) is 4.79 Å². The van der Waals surface area contributed by atoms with Gasteiger partial charge in [-0.05, 0) is 6.07 Å². The molecule has 1 aromatic heterocycles.